The van der Waals surface area contributed by atoms with Gasteiger partial charge < -0.3 is 9.64 Å². The van der Waals surface area contributed by atoms with Gasteiger partial charge in [-0.05, 0) is 60.5 Å². The van der Waals surface area contributed by atoms with E-state index in [4.69, 9.17) is 4.74 Å². The van der Waals surface area contributed by atoms with Gasteiger partial charge >= 0.3 is 5.97 Å². The first-order valence-electron chi connectivity index (χ1n) is 11.2. The topological polar surface area (TPSA) is 54.3 Å². The Morgan fingerprint density at radius 3 is 2.09 bits per heavy atom. The zero-order valence-corrected chi connectivity index (χ0v) is 19.4. The Kier molecular flexibility index (Phi) is 8.70. The largest absolute Gasteiger partial charge is 0.462 e. The summed E-state index contributed by atoms with van der Waals surface area (Å²) >= 11 is 0. The fourth-order valence-corrected chi connectivity index (χ4v) is 3.29. The number of hydrogen-bond acceptors (Lipinski definition) is 5. The number of anilines is 1. The second-order valence-electron chi connectivity index (χ2n) is 8.05. The minimum absolute atomic E-state index is 0.220. The van der Waals surface area contributed by atoms with Crippen LogP contribution in [0.15, 0.2) is 77.0 Å². The molecule has 3 rings (SSSR count). The van der Waals surface area contributed by atoms with Crippen LogP contribution in [0, 0.1) is 5.82 Å². The summed E-state index contributed by atoms with van der Waals surface area (Å²) in [6.45, 7) is 2.48. The zero-order chi connectivity index (χ0) is 23.6. The Balaban J connectivity index is 1.62. The molecule has 0 atom stereocenters. The van der Waals surface area contributed by atoms with E-state index in [1.807, 2.05) is 43.3 Å². The summed E-state index contributed by atoms with van der Waals surface area (Å²) < 4.78 is 19.9. The zero-order valence-electron chi connectivity index (χ0n) is 19.4. The third-order valence-electron chi connectivity index (χ3n) is 5.26. The standard InChI is InChI=1S/C27H30FN3O2/c1-4-5-6-7-18-33-27(32)21-10-17-25(26(28)19-21)20-8-11-22(12-9-20)29-30-23-13-15-24(16-14-23)31(2)3/h8-17,19H,4-7,18H2,1-3H3/b30-29+. The molecule has 33 heavy (non-hydrogen) atoms. The van der Waals surface area contributed by atoms with E-state index in [9.17, 15) is 9.18 Å². The van der Waals surface area contributed by atoms with Crippen molar-refractivity contribution < 1.29 is 13.9 Å². The minimum Gasteiger partial charge on any atom is -0.462 e. The van der Waals surface area contributed by atoms with Crippen LogP contribution in [0.4, 0.5) is 21.5 Å². The van der Waals surface area contributed by atoms with Gasteiger partial charge in [0.05, 0.1) is 23.5 Å². The number of esters is 1. The maximum Gasteiger partial charge on any atom is 0.338 e. The normalized spacial score (nSPS) is 11.0. The monoisotopic (exact) mass is 447 g/mol. The van der Waals surface area contributed by atoms with Crippen molar-refractivity contribution in [3.8, 4) is 11.1 Å². The fraction of sp³-hybridized carbons (Fsp3) is 0.296. The van der Waals surface area contributed by atoms with Crippen molar-refractivity contribution >= 4 is 23.0 Å². The quantitative estimate of drug-likeness (QED) is 0.182. The number of carbonyl (C=O) groups excluding carboxylic acids is 1. The average molecular weight is 448 g/mol. The van der Waals surface area contributed by atoms with Crippen molar-refractivity contribution in [1.29, 1.82) is 0 Å². The third-order valence-corrected chi connectivity index (χ3v) is 5.26. The molecule has 0 aliphatic carbocycles. The van der Waals surface area contributed by atoms with Crippen molar-refractivity contribution in [3.63, 3.8) is 0 Å². The number of carbonyl (C=O) groups is 1. The van der Waals surface area contributed by atoms with Crippen LogP contribution in [0.2, 0.25) is 0 Å². The molecular weight excluding hydrogens is 417 g/mol. The SMILES string of the molecule is CCCCCCOC(=O)c1ccc(-c2ccc(/N=N/c3ccc(N(C)C)cc3)cc2)c(F)c1. The summed E-state index contributed by atoms with van der Waals surface area (Å²) in [7, 11) is 3.96. The molecule has 3 aromatic carbocycles. The molecule has 172 valence electrons. The number of rotatable bonds is 10. The molecule has 0 N–H and O–H groups in total. The highest BCUT2D eigenvalue weighted by Crippen LogP contribution is 2.27. The van der Waals surface area contributed by atoms with E-state index >= 15 is 0 Å². The van der Waals surface area contributed by atoms with Crippen molar-refractivity contribution in [2.24, 2.45) is 10.2 Å². The molecule has 0 amide bonds. The Hall–Kier alpha value is -3.54. The van der Waals surface area contributed by atoms with Crippen LogP contribution in [-0.2, 0) is 4.74 Å². The Bertz CT molecular complexity index is 1080. The second kappa shape index (κ2) is 11.9. The highest BCUT2D eigenvalue weighted by atomic mass is 19.1. The van der Waals surface area contributed by atoms with Gasteiger partial charge in [0, 0.05) is 25.3 Å². The Morgan fingerprint density at radius 2 is 1.52 bits per heavy atom. The first kappa shape index (κ1) is 24.1. The van der Waals surface area contributed by atoms with Crippen LogP contribution in [0.25, 0.3) is 11.1 Å². The van der Waals surface area contributed by atoms with E-state index in [0.717, 1.165) is 37.1 Å². The smallest absolute Gasteiger partial charge is 0.338 e. The Labute approximate surface area is 194 Å². The highest BCUT2D eigenvalue weighted by Gasteiger charge is 2.12. The number of ether oxygens (including phenoxy) is 1. The van der Waals surface area contributed by atoms with Crippen molar-refractivity contribution in [3.05, 3.63) is 78.1 Å². The van der Waals surface area contributed by atoms with E-state index in [-0.39, 0.29) is 5.56 Å². The molecule has 0 aliphatic heterocycles. The molecule has 0 fully saturated rings. The van der Waals surface area contributed by atoms with Gasteiger partial charge in [-0.1, -0.05) is 44.4 Å². The number of nitrogens with zero attached hydrogens (tertiary/aromatic N) is 3. The van der Waals surface area contributed by atoms with Crippen molar-refractivity contribution in [2.75, 3.05) is 25.6 Å². The molecule has 0 saturated carbocycles. The maximum atomic E-state index is 14.7. The van der Waals surface area contributed by atoms with Crippen LogP contribution in [0.5, 0.6) is 0 Å². The number of azo groups is 1. The van der Waals surface area contributed by atoms with E-state index in [0.29, 0.717) is 23.4 Å². The maximum absolute atomic E-state index is 14.7. The molecule has 6 heteroatoms. The Morgan fingerprint density at radius 1 is 0.879 bits per heavy atom. The molecule has 5 nitrogen and oxygen atoms in total. The van der Waals surface area contributed by atoms with E-state index in [2.05, 4.69) is 17.2 Å². The third kappa shape index (κ3) is 6.97. The summed E-state index contributed by atoms with van der Waals surface area (Å²) in [5, 5.41) is 8.50. The number of halogens is 1. The number of hydrogen-bond donors (Lipinski definition) is 0. The lowest BCUT2D eigenvalue weighted by Crippen LogP contribution is -2.07. The van der Waals surface area contributed by atoms with Crippen LogP contribution >= 0.6 is 0 Å². The van der Waals surface area contributed by atoms with Crippen LogP contribution in [0.1, 0.15) is 43.0 Å². The van der Waals surface area contributed by atoms with Gasteiger partial charge in [0.15, 0.2) is 0 Å². The minimum atomic E-state index is -0.494. The molecular formula is C27H30FN3O2. The first-order chi connectivity index (χ1) is 16.0. The lowest BCUT2D eigenvalue weighted by molar-refractivity contribution is 0.0497. The van der Waals surface area contributed by atoms with Gasteiger partial charge in [-0.3, -0.25) is 0 Å². The molecule has 0 spiro atoms. The summed E-state index contributed by atoms with van der Waals surface area (Å²) in [5.74, 6) is -0.961. The molecule has 0 aliphatic rings. The van der Waals surface area contributed by atoms with Gasteiger partial charge in [0.2, 0.25) is 0 Å². The average Bonchev–Trinajstić information content (AvgIpc) is 2.83. The van der Waals surface area contributed by atoms with Crippen LogP contribution < -0.4 is 4.90 Å². The number of benzene rings is 3. The summed E-state index contributed by atoms with van der Waals surface area (Å²) in [4.78, 5) is 14.2. The van der Waals surface area contributed by atoms with Gasteiger partial charge in [-0.15, -0.1) is 0 Å². The van der Waals surface area contributed by atoms with Crippen molar-refractivity contribution in [1.82, 2.24) is 0 Å². The molecule has 0 unspecified atom stereocenters. The highest BCUT2D eigenvalue weighted by molar-refractivity contribution is 5.90. The van der Waals surface area contributed by atoms with E-state index < -0.39 is 11.8 Å². The summed E-state index contributed by atoms with van der Waals surface area (Å²) in [6, 6.07) is 19.3. The summed E-state index contributed by atoms with van der Waals surface area (Å²) in [5.41, 5.74) is 3.84. The second-order valence-corrected chi connectivity index (χ2v) is 8.05. The molecule has 0 bridgehead atoms. The number of unbranched alkanes of at least 4 members (excludes halogenated alkanes) is 3. The van der Waals surface area contributed by atoms with Gasteiger partial charge in [0.25, 0.3) is 0 Å². The lowest BCUT2D eigenvalue weighted by Gasteiger charge is -2.11. The summed E-state index contributed by atoms with van der Waals surface area (Å²) in [6.07, 6.45) is 4.08. The van der Waals surface area contributed by atoms with Gasteiger partial charge in [-0.2, -0.15) is 10.2 Å². The predicted molar refractivity (Wildman–Crippen MR) is 131 cm³/mol. The van der Waals surface area contributed by atoms with Crippen LogP contribution in [-0.4, -0.2) is 26.7 Å². The van der Waals surface area contributed by atoms with Crippen LogP contribution in [0.3, 0.4) is 0 Å². The first-order valence-corrected chi connectivity index (χ1v) is 11.2. The lowest BCUT2D eigenvalue weighted by atomic mass is 10.0. The molecule has 0 radical (unpaired) electrons. The molecule has 0 saturated heterocycles. The van der Waals surface area contributed by atoms with Crippen molar-refractivity contribution in [2.45, 2.75) is 32.6 Å². The molecule has 3 aromatic rings. The molecule has 0 heterocycles. The molecule has 0 aromatic heterocycles. The van der Waals surface area contributed by atoms with Gasteiger partial charge in [-0.25, -0.2) is 9.18 Å². The fourth-order valence-electron chi connectivity index (χ4n) is 3.29. The van der Waals surface area contributed by atoms with Gasteiger partial charge in [0.1, 0.15) is 5.82 Å². The predicted octanol–water partition coefficient (Wildman–Crippen LogP) is 7.71. The van der Waals surface area contributed by atoms with E-state index in [1.54, 1.807) is 36.4 Å². The van der Waals surface area contributed by atoms with E-state index in [1.165, 1.54) is 6.07 Å².